The van der Waals surface area contributed by atoms with E-state index >= 15 is 0 Å². The van der Waals surface area contributed by atoms with Crippen molar-refractivity contribution >= 4 is 27.3 Å². The highest BCUT2D eigenvalue weighted by molar-refractivity contribution is 9.11. The van der Waals surface area contributed by atoms with Crippen molar-refractivity contribution in [1.29, 1.82) is 0 Å². The fraction of sp³-hybridized carbons (Fsp3) is 0.200. The molecule has 0 radical (unpaired) electrons. The summed E-state index contributed by atoms with van der Waals surface area (Å²) in [7, 11) is 0. The second-order valence-corrected chi connectivity index (χ2v) is 7.05. The lowest BCUT2D eigenvalue weighted by atomic mass is 10.2. The first kappa shape index (κ1) is 14.4. The van der Waals surface area contributed by atoms with E-state index in [2.05, 4.69) is 43.6 Å². The number of nitrogens with zero attached hydrogens (tertiary/aromatic N) is 2. The van der Waals surface area contributed by atoms with Gasteiger partial charge in [-0.25, -0.2) is 0 Å². The number of aromatic nitrogens is 2. The number of benzene rings is 1. The third-order valence-corrected chi connectivity index (χ3v) is 4.62. The van der Waals surface area contributed by atoms with Crippen molar-refractivity contribution in [2.24, 2.45) is 0 Å². The Hall–Kier alpha value is -1.50. The van der Waals surface area contributed by atoms with Crippen LogP contribution in [0.1, 0.15) is 10.8 Å². The zero-order valence-corrected chi connectivity index (χ0v) is 13.7. The molecule has 0 saturated heterocycles. The zero-order chi connectivity index (χ0) is 14.5. The summed E-state index contributed by atoms with van der Waals surface area (Å²) >= 11 is 5.23. The van der Waals surface area contributed by atoms with E-state index < -0.39 is 0 Å². The molecule has 0 amide bonds. The molecule has 0 bridgehead atoms. The van der Waals surface area contributed by atoms with Crippen LogP contribution in [0.15, 0.2) is 50.7 Å². The van der Waals surface area contributed by atoms with Gasteiger partial charge in [-0.2, -0.15) is 0 Å². The average Bonchev–Trinajstić information content (AvgIpc) is 3.14. The molecule has 0 aliphatic carbocycles. The first-order valence-electron chi connectivity index (χ1n) is 6.64. The number of halogens is 1. The van der Waals surface area contributed by atoms with Gasteiger partial charge in [0.15, 0.2) is 0 Å². The van der Waals surface area contributed by atoms with Gasteiger partial charge >= 0.3 is 0 Å². The van der Waals surface area contributed by atoms with E-state index in [1.54, 1.807) is 11.3 Å². The standard InChI is InChI=1S/C15H14BrN3OS/c16-13-7-6-12(21-13)8-9-17-10-14-18-19-15(20-14)11-4-2-1-3-5-11/h1-7,17H,8-10H2. The Labute approximate surface area is 135 Å². The van der Waals surface area contributed by atoms with Crippen LogP contribution in [0.25, 0.3) is 11.5 Å². The molecule has 6 heteroatoms. The number of rotatable bonds is 6. The van der Waals surface area contributed by atoms with Gasteiger partial charge in [-0.15, -0.1) is 21.5 Å². The first-order valence-corrected chi connectivity index (χ1v) is 8.25. The summed E-state index contributed by atoms with van der Waals surface area (Å²) < 4.78 is 6.80. The molecule has 3 rings (SSSR count). The van der Waals surface area contributed by atoms with Gasteiger partial charge in [0.1, 0.15) is 0 Å². The van der Waals surface area contributed by atoms with Crippen molar-refractivity contribution in [3.8, 4) is 11.5 Å². The molecule has 0 atom stereocenters. The SMILES string of the molecule is Brc1ccc(CCNCc2nnc(-c3ccccc3)o2)s1. The maximum absolute atomic E-state index is 5.64. The van der Waals surface area contributed by atoms with E-state index in [4.69, 9.17) is 4.42 Å². The Morgan fingerprint density at radius 2 is 1.95 bits per heavy atom. The molecule has 2 aromatic heterocycles. The van der Waals surface area contributed by atoms with Crippen molar-refractivity contribution in [3.63, 3.8) is 0 Å². The van der Waals surface area contributed by atoms with Gasteiger partial charge < -0.3 is 9.73 Å². The Morgan fingerprint density at radius 3 is 2.71 bits per heavy atom. The van der Waals surface area contributed by atoms with E-state index in [9.17, 15) is 0 Å². The summed E-state index contributed by atoms with van der Waals surface area (Å²) in [4.78, 5) is 1.35. The van der Waals surface area contributed by atoms with Crippen molar-refractivity contribution in [2.45, 2.75) is 13.0 Å². The van der Waals surface area contributed by atoms with Crippen LogP contribution in [0, 0.1) is 0 Å². The summed E-state index contributed by atoms with van der Waals surface area (Å²) in [6.07, 6.45) is 0.996. The van der Waals surface area contributed by atoms with Gasteiger partial charge in [-0.05, 0) is 46.6 Å². The molecule has 3 aromatic rings. The van der Waals surface area contributed by atoms with Gasteiger partial charge in [0, 0.05) is 17.0 Å². The molecule has 0 unspecified atom stereocenters. The van der Waals surface area contributed by atoms with E-state index in [1.807, 2.05) is 30.3 Å². The van der Waals surface area contributed by atoms with Crippen molar-refractivity contribution in [1.82, 2.24) is 15.5 Å². The molecule has 0 aliphatic heterocycles. The largest absolute Gasteiger partial charge is 0.419 e. The summed E-state index contributed by atoms with van der Waals surface area (Å²) in [6, 6.07) is 14.0. The molecule has 0 spiro atoms. The average molecular weight is 364 g/mol. The second-order valence-electron chi connectivity index (χ2n) is 4.50. The number of thiophene rings is 1. The van der Waals surface area contributed by atoms with Gasteiger partial charge in [0.2, 0.25) is 11.8 Å². The molecule has 0 fully saturated rings. The van der Waals surface area contributed by atoms with Crippen LogP contribution in [0.3, 0.4) is 0 Å². The lowest BCUT2D eigenvalue weighted by molar-refractivity contribution is 0.479. The van der Waals surface area contributed by atoms with E-state index in [0.29, 0.717) is 18.3 Å². The zero-order valence-electron chi connectivity index (χ0n) is 11.3. The molecular formula is C15H14BrN3OS. The monoisotopic (exact) mass is 363 g/mol. The number of nitrogens with one attached hydrogen (secondary N) is 1. The highest BCUT2D eigenvalue weighted by atomic mass is 79.9. The second kappa shape index (κ2) is 6.98. The van der Waals surface area contributed by atoms with Gasteiger partial charge in [-0.1, -0.05) is 18.2 Å². The molecule has 1 N–H and O–H groups in total. The highest BCUT2D eigenvalue weighted by Gasteiger charge is 2.07. The van der Waals surface area contributed by atoms with Crippen LogP contribution < -0.4 is 5.32 Å². The Morgan fingerprint density at radius 1 is 1.10 bits per heavy atom. The van der Waals surface area contributed by atoms with Gasteiger partial charge in [0.25, 0.3) is 0 Å². The lowest BCUT2D eigenvalue weighted by Gasteiger charge is -1.99. The first-order chi connectivity index (χ1) is 10.3. The summed E-state index contributed by atoms with van der Waals surface area (Å²) in [6.45, 7) is 1.47. The number of hydrogen-bond acceptors (Lipinski definition) is 5. The molecular weight excluding hydrogens is 350 g/mol. The van der Waals surface area contributed by atoms with Gasteiger partial charge in [-0.3, -0.25) is 0 Å². The Balaban J connectivity index is 1.49. The topological polar surface area (TPSA) is 51.0 Å². The molecule has 2 heterocycles. The van der Waals surface area contributed by atoms with E-state index in [0.717, 1.165) is 18.5 Å². The quantitative estimate of drug-likeness (QED) is 0.674. The minimum absolute atomic E-state index is 0.564. The van der Waals surface area contributed by atoms with Crippen LogP contribution >= 0.6 is 27.3 Å². The molecule has 108 valence electrons. The van der Waals surface area contributed by atoms with Crippen LogP contribution in [0.4, 0.5) is 0 Å². The minimum atomic E-state index is 0.564. The normalized spacial score (nSPS) is 10.9. The molecule has 0 saturated carbocycles. The van der Waals surface area contributed by atoms with Crippen molar-refractivity contribution < 1.29 is 4.42 Å². The van der Waals surface area contributed by atoms with Crippen LogP contribution in [-0.4, -0.2) is 16.7 Å². The number of hydrogen-bond donors (Lipinski definition) is 1. The molecule has 21 heavy (non-hydrogen) atoms. The fourth-order valence-electron chi connectivity index (χ4n) is 1.92. The summed E-state index contributed by atoms with van der Waals surface area (Å²) in [5, 5.41) is 11.4. The third kappa shape index (κ3) is 4.00. The molecule has 0 aliphatic rings. The maximum Gasteiger partial charge on any atom is 0.247 e. The van der Waals surface area contributed by atoms with Gasteiger partial charge in [0.05, 0.1) is 10.3 Å². The maximum atomic E-state index is 5.64. The third-order valence-electron chi connectivity index (χ3n) is 2.94. The lowest BCUT2D eigenvalue weighted by Crippen LogP contribution is -2.16. The van der Waals surface area contributed by atoms with E-state index in [-0.39, 0.29) is 0 Å². The fourth-order valence-corrected chi connectivity index (χ4v) is 3.40. The molecule has 4 nitrogen and oxygen atoms in total. The summed E-state index contributed by atoms with van der Waals surface area (Å²) in [5.74, 6) is 1.18. The predicted molar refractivity (Wildman–Crippen MR) is 87.2 cm³/mol. The van der Waals surface area contributed by atoms with Crippen LogP contribution in [0.5, 0.6) is 0 Å². The van der Waals surface area contributed by atoms with Crippen LogP contribution in [0.2, 0.25) is 0 Å². The van der Waals surface area contributed by atoms with Crippen molar-refractivity contribution in [2.75, 3.05) is 6.54 Å². The van der Waals surface area contributed by atoms with E-state index in [1.165, 1.54) is 8.66 Å². The van der Waals surface area contributed by atoms with Crippen molar-refractivity contribution in [3.05, 3.63) is 57.0 Å². The van der Waals surface area contributed by atoms with Crippen LogP contribution in [-0.2, 0) is 13.0 Å². The molecule has 1 aromatic carbocycles. The summed E-state index contributed by atoms with van der Waals surface area (Å²) in [5.41, 5.74) is 0.944. The Kier molecular flexibility index (Phi) is 4.80. The smallest absolute Gasteiger partial charge is 0.247 e. The predicted octanol–water partition coefficient (Wildman–Crippen LogP) is 3.89. The Bertz CT molecular complexity index is 696. The minimum Gasteiger partial charge on any atom is -0.419 e. The highest BCUT2D eigenvalue weighted by Crippen LogP contribution is 2.22.